The molecule has 1 saturated heterocycles. The minimum Gasteiger partial charge on any atom is -0.393 e. The Morgan fingerprint density at radius 3 is 2.70 bits per heavy atom. The van der Waals surface area contributed by atoms with Gasteiger partial charge in [0.1, 0.15) is 0 Å². The quantitative estimate of drug-likeness (QED) is 0.546. The van der Waals surface area contributed by atoms with Crippen molar-refractivity contribution in [2.24, 2.45) is 29.1 Å². The average molecular weight is 464 g/mol. The van der Waals surface area contributed by atoms with Gasteiger partial charge in [-0.05, 0) is 92.7 Å². The van der Waals surface area contributed by atoms with Gasteiger partial charge in [0.05, 0.1) is 12.2 Å². The van der Waals surface area contributed by atoms with Crippen LogP contribution in [0.3, 0.4) is 0 Å². The zero-order chi connectivity index (χ0) is 24.0. The zero-order valence-electron chi connectivity index (χ0n) is 20.7. The van der Waals surface area contributed by atoms with Gasteiger partial charge < -0.3 is 15.1 Å². The molecule has 4 fully saturated rings. The molecular formula is C28H43F2NO2. The Hall–Kier alpha value is -1.04. The summed E-state index contributed by atoms with van der Waals surface area (Å²) in [6.45, 7) is 12.2. The molecule has 4 aliphatic rings. The first-order chi connectivity index (χ1) is 15.5. The molecule has 0 amide bonds. The SMILES string of the molecule is C=C1/C(=C\C=C2/CCC[C@]3(C)[C@@H](C(C)CN4CC[C@H](C(C)(F)F)C4)CC[C@@H]23)C[C@@H](O)C[C@@H]1O. The van der Waals surface area contributed by atoms with E-state index < -0.39 is 24.0 Å². The highest BCUT2D eigenvalue weighted by atomic mass is 19.3. The second-order valence-corrected chi connectivity index (χ2v) is 11.8. The van der Waals surface area contributed by atoms with Gasteiger partial charge in [0.15, 0.2) is 0 Å². The number of rotatable bonds is 5. The van der Waals surface area contributed by atoms with E-state index >= 15 is 0 Å². The van der Waals surface area contributed by atoms with Crippen LogP contribution in [-0.4, -0.2) is 52.9 Å². The van der Waals surface area contributed by atoms with E-state index in [9.17, 15) is 19.0 Å². The molecule has 0 radical (unpaired) electrons. The van der Waals surface area contributed by atoms with E-state index in [2.05, 4.69) is 37.5 Å². The number of halogens is 2. The Labute approximate surface area is 198 Å². The molecule has 3 saturated carbocycles. The van der Waals surface area contributed by atoms with Crippen LogP contribution >= 0.6 is 0 Å². The highest BCUT2D eigenvalue weighted by molar-refractivity contribution is 5.38. The number of allylic oxidation sites excluding steroid dienone is 3. The van der Waals surface area contributed by atoms with Crippen LogP contribution < -0.4 is 0 Å². The minimum absolute atomic E-state index is 0.262. The molecule has 3 nitrogen and oxygen atoms in total. The van der Waals surface area contributed by atoms with Crippen LogP contribution in [0.2, 0.25) is 0 Å². The molecule has 4 rings (SSSR count). The maximum absolute atomic E-state index is 13.8. The van der Waals surface area contributed by atoms with Crippen molar-refractivity contribution in [3.05, 3.63) is 35.5 Å². The van der Waals surface area contributed by atoms with Crippen molar-refractivity contribution in [3.8, 4) is 0 Å². The van der Waals surface area contributed by atoms with Gasteiger partial charge in [-0.3, -0.25) is 0 Å². The number of alkyl halides is 2. The number of aliphatic hydroxyl groups excluding tert-OH is 2. The maximum atomic E-state index is 13.8. The summed E-state index contributed by atoms with van der Waals surface area (Å²) >= 11 is 0. The van der Waals surface area contributed by atoms with Crippen molar-refractivity contribution < 1.29 is 19.0 Å². The molecule has 0 aromatic rings. The minimum atomic E-state index is -2.57. The maximum Gasteiger partial charge on any atom is 0.249 e. The number of likely N-dealkylation sites (tertiary alicyclic amines) is 1. The van der Waals surface area contributed by atoms with Crippen molar-refractivity contribution in [2.45, 2.75) is 90.3 Å². The molecule has 1 aliphatic heterocycles. The van der Waals surface area contributed by atoms with E-state index in [-0.39, 0.29) is 5.41 Å². The highest BCUT2D eigenvalue weighted by Crippen LogP contribution is 2.59. The Bertz CT molecular complexity index is 800. The lowest BCUT2D eigenvalue weighted by molar-refractivity contribution is -0.0360. The molecule has 1 heterocycles. The monoisotopic (exact) mass is 463 g/mol. The second-order valence-electron chi connectivity index (χ2n) is 11.8. The Morgan fingerprint density at radius 1 is 1.24 bits per heavy atom. The van der Waals surface area contributed by atoms with Gasteiger partial charge in [-0.1, -0.05) is 38.2 Å². The lowest BCUT2D eigenvalue weighted by atomic mass is 9.61. The van der Waals surface area contributed by atoms with Crippen LogP contribution in [0.15, 0.2) is 35.5 Å². The summed E-state index contributed by atoms with van der Waals surface area (Å²) in [5, 5.41) is 20.2. The van der Waals surface area contributed by atoms with E-state index in [0.717, 1.165) is 37.6 Å². The van der Waals surface area contributed by atoms with E-state index in [1.807, 2.05) is 0 Å². The summed E-state index contributed by atoms with van der Waals surface area (Å²) in [6.07, 6.45) is 10.7. The first kappa shape index (κ1) is 25.1. The van der Waals surface area contributed by atoms with Gasteiger partial charge in [-0.15, -0.1) is 0 Å². The molecule has 0 bridgehead atoms. The number of fused-ring (bicyclic) bond motifs is 1. The fourth-order valence-corrected chi connectivity index (χ4v) is 7.63. The number of hydrogen-bond acceptors (Lipinski definition) is 3. The Kier molecular flexibility index (Phi) is 7.25. The van der Waals surface area contributed by atoms with Crippen LogP contribution in [0.25, 0.3) is 0 Å². The normalized spacial score (nSPS) is 41.7. The number of aliphatic hydroxyl groups is 2. The second kappa shape index (κ2) is 9.54. The van der Waals surface area contributed by atoms with E-state index in [0.29, 0.717) is 43.6 Å². The third-order valence-electron chi connectivity index (χ3n) is 9.52. The van der Waals surface area contributed by atoms with Gasteiger partial charge in [0.2, 0.25) is 5.92 Å². The lowest BCUT2D eigenvalue weighted by Gasteiger charge is -2.45. The standard InChI is InChI=1S/C28H43F2NO2/c1-18(16-31-13-11-22(17-31)28(4,29)30)24-9-10-25-20(6-5-12-27(24,25)3)7-8-21-14-23(32)15-26(33)19(21)2/h7-8,18,22-26,32-33H,2,5-6,9-17H2,1,3-4H3/b20-7+,21-8-/t18?,22-,23+,24+,25-,26-,27+/m0/s1. The summed E-state index contributed by atoms with van der Waals surface area (Å²) in [6, 6.07) is 0. The van der Waals surface area contributed by atoms with Gasteiger partial charge in [0.25, 0.3) is 0 Å². The summed E-state index contributed by atoms with van der Waals surface area (Å²) in [5.74, 6) is -1.39. The van der Waals surface area contributed by atoms with E-state index in [1.165, 1.54) is 31.3 Å². The average Bonchev–Trinajstić information content (AvgIpc) is 3.33. The van der Waals surface area contributed by atoms with Crippen molar-refractivity contribution in [1.82, 2.24) is 4.90 Å². The third kappa shape index (κ3) is 5.16. The van der Waals surface area contributed by atoms with Gasteiger partial charge in [-0.25, -0.2) is 8.78 Å². The summed E-state index contributed by atoms with van der Waals surface area (Å²) in [5.41, 5.74) is 3.48. The molecule has 0 aromatic heterocycles. The summed E-state index contributed by atoms with van der Waals surface area (Å²) < 4.78 is 27.5. The predicted molar refractivity (Wildman–Crippen MR) is 129 cm³/mol. The molecule has 7 atom stereocenters. The molecule has 5 heteroatoms. The molecule has 2 N–H and O–H groups in total. The van der Waals surface area contributed by atoms with Gasteiger partial charge >= 0.3 is 0 Å². The molecule has 3 aliphatic carbocycles. The molecule has 33 heavy (non-hydrogen) atoms. The first-order valence-electron chi connectivity index (χ1n) is 13.0. The van der Waals surface area contributed by atoms with Crippen molar-refractivity contribution in [3.63, 3.8) is 0 Å². The summed E-state index contributed by atoms with van der Waals surface area (Å²) in [7, 11) is 0. The van der Waals surface area contributed by atoms with Crippen LogP contribution in [-0.2, 0) is 0 Å². The van der Waals surface area contributed by atoms with Crippen LogP contribution in [0, 0.1) is 29.1 Å². The van der Waals surface area contributed by atoms with Gasteiger partial charge in [0, 0.05) is 25.4 Å². The van der Waals surface area contributed by atoms with Crippen molar-refractivity contribution >= 4 is 0 Å². The highest BCUT2D eigenvalue weighted by Gasteiger charge is 2.51. The zero-order valence-corrected chi connectivity index (χ0v) is 20.7. The van der Waals surface area contributed by atoms with Crippen LogP contribution in [0.5, 0.6) is 0 Å². The van der Waals surface area contributed by atoms with Gasteiger partial charge in [-0.2, -0.15) is 0 Å². The Morgan fingerprint density at radius 2 is 2.00 bits per heavy atom. The Balaban J connectivity index is 1.44. The fraction of sp³-hybridized carbons (Fsp3) is 0.786. The lowest BCUT2D eigenvalue weighted by Crippen LogP contribution is -2.40. The smallest absolute Gasteiger partial charge is 0.249 e. The molecule has 186 valence electrons. The molecular weight excluding hydrogens is 420 g/mol. The molecule has 0 aromatic carbocycles. The predicted octanol–water partition coefficient (Wildman–Crippen LogP) is 5.74. The van der Waals surface area contributed by atoms with Crippen molar-refractivity contribution in [2.75, 3.05) is 19.6 Å². The van der Waals surface area contributed by atoms with E-state index in [1.54, 1.807) is 0 Å². The molecule has 0 spiro atoms. The van der Waals surface area contributed by atoms with Crippen LogP contribution in [0.1, 0.15) is 72.1 Å². The fourth-order valence-electron chi connectivity index (χ4n) is 7.63. The number of nitrogens with zero attached hydrogens (tertiary/aromatic N) is 1. The number of hydrogen-bond donors (Lipinski definition) is 2. The topological polar surface area (TPSA) is 43.7 Å². The first-order valence-corrected chi connectivity index (χ1v) is 13.0. The largest absolute Gasteiger partial charge is 0.393 e. The van der Waals surface area contributed by atoms with E-state index in [4.69, 9.17) is 0 Å². The summed E-state index contributed by atoms with van der Waals surface area (Å²) in [4.78, 5) is 2.28. The third-order valence-corrected chi connectivity index (χ3v) is 9.52. The molecule has 1 unspecified atom stereocenters. The van der Waals surface area contributed by atoms with Crippen molar-refractivity contribution in [1.29, 1.82) is 0 Å². The van der Waals surface area contributed by atoms with Crippen LogP contribution in [0.4, 0.5) is 8.78 Å².